The molecule has 1 aromatic heterocycles. The molecule has 74 valence electrons. The monoisotopic (exact) mass is 208 g/mol. The largest absolute Gasteiger partial charge is 0.361 e. The van der Waals surface area contributed by atoms with Crippen LogP contribution in [0.2, 0.25) is 0 Å². The second kappa shape index (κ2) is 3.64. The van der Waals surface area contributed by atoms with Crippen molar-refractivity contribution in [1.82, 2.24) is 10.3 Å². The van der Waals surface area contributed by atoms with E-state index in [1.54, 1.807) is 0 Å². The molecular weight excluding hydrogens is 196 g/mol. The minimum absolute atomic E-state index is 0. The summed E-state index contributed by atoms with van der Waals surface area (Å²) in [4.78, 5) is 3.31. The van der Waals surface area contributed by atoms with Gasteiger partial charge in [0.25, 0.3) is 0 Å². The van der Waals surface area contributed by atoms with E-state index in [4.69, 9.17) is 0 Å². The third-order valence-electron chi connectivity index (χ3n) is 2.76. The lowest BCUT2D eigenvalue weighted by molar-refractivity contribution is 0.702. The first kappa shape index (κ1) is 9.56. The van der Waals surface area contributed by atoms with Crippen molar-refractivity contribution in [1.29, 1.82) is 0 Å². The van der Waals surface area contributed by atoms with Gasteiger partial charge >= 0.3 is 0 Å². The van der Waals surface area contributed by atoms with Crippen LogP contribution in [0.3, 0.4) is 0 Å². The van der Waals surface area contributed by atoms with Gasteiger partial charge in [0.2, 0.25) is 0 Å². The summed E-state index contributed by atoms with van der Waals surface area (Å²) in [6.45, 7) is 2.09. The lowest BCUT2D eigenvalue weighted by Crippen LogP contribution is -2.13. The minimum Gasteiger partial charge on any atom is -0.361 e. The zero-order valence-corrected chi connectivity index (χ0v) is 8.66. The molecule has 1 aromatic carbocycles. The molecule has 0 unspecified atom stereocenters. The van der Waals surface area contributed by atoms with Gasteiger partial charge in [0, 0.05) is 23.6 Å². The van der Waals surface area contributed by atoms with Gasteiger partial charge in [-0.2, -0.15) is 0 Å². The molecule has 3 rings (SSSR count). The molecule has 2 heterocycles. The second-order valence-corrected chi connectivity index (χ2v) is 3.58. The van der Waals surface area contributed by atoms with Crippen molar-refractivity contribution in [3.63, 3.8) is 0 Å². The van der Waals surface area contributed by atoms with Gasteiger partial charge in [0.05, 0.1) is 0 Å². The van der Waals surface area contributed by atoms with Crippen molar-refractivity contribution in [2.75, 3.05) is 6.54 Å². The van der Waals surface area contributed by atoms with Crippen LogP contribution < -0.4 is 5.32 Å². The molecule has 14 heavy (non-hydrogen) atoms. The minimum atomic E-state index is 0. The second-order valence-electron chi connectivity index (χ2n) is 3.58. The SMILES string of the molecule is Cl.c1cc2c3c(c[nH]c3c1)CNCC2. The molecule has 0 spiro atoms. The molecule has 0 fully saturated rings. The molecule has 1 aliphatic heterocycles. The van der Waals surface area contributed by atoms with E-state index >= 15 is 0 Å². The maximum atomic E-state index is 3.42. The molecule has 0 radical (unpaired) electrons. The van der Waals surface area contributed by atoms with Crippen molar-refractivity contribution in [2.24, 2.45) is 0 Å². The summed E-state index contributed by atoms with van der Waals surface area (Å²) in [6.07, 6.45) is 3.26. The number of hydrogen-bond acceptors (Lipinski definition) is 1. The van der Waals surface area contributed by atoms with Crippen molar-refractivity contribution in [3.8, 4) is 0 Å². The first-order valence-electron chi connectivity index (χ1n) is 4.74. The number of aromatic amines is 1. The molecule has 0 saturated carbocycles. The van der Waals surface area contributed by atoms with Gasteiger partial charge in [0.15, 0.2) is 0 Å². The summed E-state index contributed by atoms with van der Waals surface area (Å²) in [7, 11) is 0. The van der Waals surface area contributed by atoms with E-state index in [0.717, 1.165) is 19.5 Å². The highest BCUT2D eigenvalue weighted by atomic mass is 35.5. The smallest absolute Gasteiger partial charge is 0.0460 e. The highest BCUT2D eigenvalue weighted by Crippen LogP contribution is 2.24. The van der Waals surface area contributed by atoms with E-state index in [1.165, 1.54) is 22.0 Å². The predicted molar refractivity (Wildman–Crippen MR) is 61.0 cm³/mol. The number of nitrogens with one attached hydrogen (secondary N) is 2. The quantitative estimate of drug-likeness (QED) is 0.683. The zero-order chi connectivity index (χ0) is 8.67. The molecule has 2 aromatic rings. The van der Waals surface area contributed by atoms with Crippen LogP contribution in [-0.2, 0) is 13.0 Å². The predicted octanol–water partition coefficient (Wildman–Crippen LogP) is 2.24. The van der Waals surface area contributed by atoms with Crippen LogP contribution in [0.15, 0.2) is 24.4 Å². The Morgan fingerprint density at radius 1 is 1.14 bits per heavy atom. The molecule has 0 bridgehead atoms. The lowest BCUT2D eigenvalue weighted by Gasteiger charge is -1.99. The van der Waals surface area contributed by atoms with Crippen molar-refractivity contribution < 1.29 is 0 Å². The van der Waals surface area contributed by atoms with E-state index in [2.05, 4.69) is 34.7 Å². The fourth-order valence-electron chi connectivity index (χ4n) is 2.13. The number of rotatable bonds is 0. The van der Waals surface area contributed by atoms with Crippen LogP contribution in [0.5, 0.6) is 0 Å². The Morgan fingerprint density at radius 2 is 2.07 bits per heavy atom. The van der Waals surface area contributed by atoms with Crippen molar-refractivity contribution in [2.45, 2.75) is 13.0 Å². The number of hydrogen-bond donors (Lipinski definition) is 2. The van der Waals surface area contributed by atoms with Crippen LogP contribution in [0, 0.1) is 0 Å². The summed E-state index contributed by atoms with van der Waals surface area (Å²) >= 11 is 0. The van der Waals surface area contributed by atoms with Gasteiger partial charge in [-0.25, -0.2) is 0 Å². The standard InChI is InChI=1S/C11H12N2.ClH/c1-2-8-4-5-12-6-9-7-13-10(3-1)11(8)9;/h1-3,7,12-13H,4-6H2;1H. The fraction of sp³-hybridized carbons (Fsp3) is 0.273. The molecule has 0 amide bonds. The average molecular weight is 209 g/mol. The summed E-state index contributed by atoms with van der Waals surface area (Å²) in [5.74, 6) is 0. The topological polar surface area (TPSA) is 27.8 Å². The molecule has 2 nitrogen and oxygen atoms in total. The van der Waals surface area contributed by atoms with Crippen molar-refractivity contribution in [3.05, 3.63) is 35.5 Å². The number of H-pyrrole nitrogens is 1. The average Bonchev–Trinajstić information content (AvgIpc) is 2.44. The molecule has 0 atom stereocenters. The maximum Gasteiger partial charge on any atom is 0.0460 e. The Labute approximate surface area is 89.1 Å². The van der Waals surface area contributed by atoms with E-state index in [0.29, 0.717) is 0 Å². The Kier molecular flexibility index (Phi) is 2.48. The van der Waals surface area contributed by atoms with E-state index in [1.807, 2.05) is 0 Å². The van der Waals surface area contributed by atoms with E-state index < -0.39 is 0 Å². The Morgan fingerprint density at radius 3 is 3.00 bits per heavy atom. The third kappa shape index (κ3) is 1.31. The maximum absolute atomic E-state index is 3.42. The zero-order valence-electron chi connectivity index (χ0n) is 7.84. The van der Waals surface area contributed by atoms with Crippen LogP contribution in [0.4, 0.5) is 0 Å². The van der Waals surface area contributed by atoms with Gasteiger partial charge in [-0.3, -0.25) is 0 Å². The van der Waals surface area contributed by atoms with Gasteiger partial charge in [0.1, 0.15) is 0 Å². The summed E-state index contributed by atoms with van der Waals surface area (Å²) in [5, 5.41) is 4.86. The Bertz CT molecular complexity index is 447. The van der Waals surface area contributed by atoms with Crippen molar-refractivity contribution >= 4 is 23.3 Å². The van der Waals surface area contributed by atoms with E-state index in [-0.39, 0.29) is 12.4 Å². The fourth-order valence-corrected chi connectivity index (χ4v) is 2.13. The number of halogens is 1. The van der Waals surface area contributed by atoms with Gasteiger partial charge in [-0.15, -0.1) is 12.4 Å². The van der Waals surface area contributed by atoms with Gasteiger partial charge in [-0.1, -0.05) is 12.1 Å². The number of aromatic nitrogens is 1. The highest BCUT2D eigenvalue weighted by Gasteiger charge is 2.10. The normalized spacial score (nSPS) is 14.9. The Balaban J connectivity index is 0.000000750. The molecule has 3 heteroatoms. The van der Waals surface area contributed by atoms with Crippen LogP contribution in [0.1, 0.15) is 11.1 Å². The molecular formula is C11H13ClN2. The summed E-state index contributed by atoms with van der Waals surface area (Å²) in [6, 6.07) is 6.50. The summed E-state index contributed by atoms with van der Waals surface area (Å²) in [5.41, 5.74) is 4.15. The van der Waals surface area contributed by atoms with Crippen LogP contribution in [0.25, 0.3) is 10.9 Å². The highest BCUT2D eigenvalue weighted by molar-refractivity contribution is 5.86. The lowest BCUT2D eigenvalue weighted by atomic mass is 10.1. The molecule has 2 N–H and O–H groups in total. The molecule has 1 aliphatic rings. The van der Waals surface area contributed by atoms with Gasteiger partial charge < -0.3 is 10.3 Å². The molecule has 0 aliphatic carbocycles. The van der Waals surface area contributed by atoms with E-state index in [9.17, 15) is 0 Å². The van der Waals surface area contributed by atoms with Crippen LogP contribution >= 0.6 is 12.4 Å². The third-order valence-corrected chi connectivity index (χ3v) is 2.76. The first-order chi connectivity index (χ1) is 6.45. The Hall–Kier alpha value is -0.990. The number of benzene rings is 1. The van der Waals surface area contributed by atoms with Crippen LogP contribution in [-0.4, -0.2) is 11.5 Å². The summed E-state index contributed by atoms with van der Waals surface area (Å²) < 4.78 is 0. The van der Waals surface area contributed by atoms with Gasteiger partial charge in [-0.05, 0) is 30.2 Å². The first-order valence-corrected chi connectivity index (χ1v) is 4.74. The molecule has 0 saturated heterocycles.